The summed E-state index contributed by atoms with van der Waals surface area (Å²) in [7, 11) is 0. The molecule has 1 fully saturated rings. The summed E-state index contributed by atoms with van der Waals surface area (Å²) in [5.41, 5.74) is -0.134. The molecule has 0 spiro atoms. The average molecular weight is 254 g/mol. The van der Waals surface area contributed by atoms with Crippen LogP contribution < -0.4 is 5.32 Å². The maximum atomic E-state index is 13.4. The van der Waals surface area contributed by atoms with E-state index in [1.54, 1.807) is 0 Å². The molecule has 2 rings (SSSR count). The molecule has 1 aliphatic rings. The molecular weight excluding hydrogens is 238 g/mol. The zero-order valence-corrected chi connectivity index (χ0v) is 10.3. The number of hydrogen-bond acceptors (Lipinski definition) is 2. The third kappa shape index (κ3) is 2.35. The first-order valence-corrected chi connectivity index (χ1v) is 6.16. The largest absolute Gasteiger partial charge is 0.351 e. The van der Waals surface area contributed by atoms with Gasteiger partial charge in [0.2, 0.25) is 5.95 Å². The molecule has 0 aromatic carbocycles. The molecule has 0 radical (unpaired) electrons. The summed E-state index contributed by atoms with van der Waals surface area (Å²) in [6, 6.07) is 1.19. The van der Waals surface area contributed by atoms with Gasteiger partial charge in [0.25, 0.3) is 5.91 Å². The Hall–Kier alpha value is -1.52. The summed E-state index contributed by atoms with van der Waals surface area (Å²) in [5, 5.41) is 2.69. The van der Waals surface area contributed by atoms with Crippen LogP contribution in [0.25, 0.3) is 0 Å². The first kappa shape index (κ1) is 12.9. The molecule has 18 heavy (non-hydrogen) atoms. The van der Waals surface area contributed by atoms with Crippen molar-refractivity contribution in [3.05, 3.63) is 29.6 Å². The number of halogens is 2. The van der Waals surface area contributed by atoms with Gasteiger partial charge in [0, 0.05) is 12.7 Å². The number of hydrogen-bond donors (Lipinski definition) is 1. The monoisotopic (exact) mass is 254 g/mol. The Kier molecular flexibility index (Phi) is 3.59. The summed E-state index contributed by atoms with van der Waals surface area (Å²) in [6.07, 6.45) is 5.41. The van der Waals surface area contributed by atoms with Crippen molar-refractivity contribution < 1.29 is 13.6 Å². The lowest BCUT2D eigenvalue weighted by Crippen LogP contribution is -2.41. The molecule has 1 N–H and O–H groups in total. The maximum Gasteiger partial charge on any atom is 0.254 e. The maximum absolute atomic E-state index is 13.4. The van der Waals surface area contributed by atoms with Crippen LogP contribution in [0.1, 0.15) is 43.0 Å². The van der Waals surface area contributed by atoms with Gasteiger partial charge in [-0.1, -0.05) is 13.3 Å². The van der Waals surface area contributed by atoms with Gasteiger partial charge >= 0.3 is 0 Å². The van der Waals surface area contributed by atoms with Crippen molar-refractivity contribution >= 4 is 5.91 Å². The Bertz CT molecular complexity index is 453. The first-order valence-electron chi connectivity index (χ1n) is 6.16. The summed E-state index contributed by atoms with van der Waals surface area (Å²) in [5.74, 6) is -3.00. The highest BCUT2D eigenvalue weighted by atomic mass is 19.2. The van der Waals surface area contributed by atoms with E-state index in [4.69, 9.17) is 0 Å². The molecule has 0 aliphatic heterocycles. The van der Waals surface area contributed by atoms with Gasteiger partial charge in [0.15, 0.2) is 5.82 Å². The van der Waals surface area contributed by atoms with Gasteiger partial charge < -0.3 is 5.32 Å². The SMILES string of the molecule is CCC1(CNC(=O)c2ccnc(F)c2F)CCC1. The van der Waals surface area contributed by atoms with Crippen LogP contribution in [-0.4, -0.2) is 17.4 Å². The van der Waals surface area contributed by atoms with Gasteiger partial charge in [-0.25, -0.2) is 9.37 Å². The van der Waals surface area contributed by atoms with Crippen molar-refractivity contribution in [3.8, 4) is 0 Å². The lowest BCUT2D eigenvalue weighted by molar-refractivity contribution is 0.0845. The van der Waals surface area contributed by atoms with Crippen molar-refractivity contribution in [1.82, 2.24) is 10.3 Å². The second-order valence-electron chi connectivity index (χ2n) is 4.85. The third-order valence-electron chi connectivity index (χ3n) is 3.88. The zero-order valence-electron chi connectivity index (χ0n) is 10.3. The minimum absolute atomic E-state index is 0.151. The molecule has 5 heteroatoms. The van der Waals surface area contributed by atoms with Gasteiger partial charge in [-0.05, 0) is 30.7 Å². The highest BCUT2D eigenvalue weighted by Crippen LogP contribution is 2.43. The fourth-order valence-electron chi connectivity index (χ4n) is 2.29. The number of nitrogens with one attached hydrogen (secondary N) is 1. The average Bonchev–Trinajstić information content (AvgIpc) is 2.31. The van der Waals surface area contributed by atoms with Crippen LogP contribution in [0, 0.1) is 17.2 Å². The minimum Gasteiger partial charge on any atom is -0.351 e. The predicted octanol–water partition coefficient (Wildman–Crippen LogP) is 2.67. The van der Waals surface area contributed by atoms with Crippen molar-refractivity contribution in [2.75, 3.05) is 6.54 Å². The number of aromatic nitrogens is 1. The van der Waals surface area contributed by atoms with Gasteiger partial charge in [-0.3, -0.25) is 4.79 Å². The fourth-order valence-corrected chi connectivity index (χ4v) is 2.29. The van der Waals surface area contributed by atoms with Crippen molar-refractivity contribution in [2.24, 2.45) is 5.41 Å². The third-order valence-corrected chi connectivity index (χ3v) is 3.88. The normalized spacial score (nSPS) is 17.1. The molecular formula is C13H16F2N2O. The summed E-state index contributed by atoms with van der Waals surface area (Å²) >= 11 is 0. The number of amides is 1. The Morgan fingerprint density at radius 1 is 1.50 bits per heavy atom. The topological polar surface area (TPSA) is 42.0 Å². The number of carbonyl (C=O) groups excluding carboxylic acids is 1. The molecule has 3 nitrogen and oxygen atoms in total. The fraction of sp³-hybridized carbons (Fsp3) is 0.538. The zero-order chi connectivity index (χ0) is 13.2. The molecule has 0 atom stereocenters. The van der Waals surface area contributed by atoms with E-state index in [2.05, 4.69) is 17.2 Å². The van der Waals surface area contributed by atoms with Crippen LogP contribution in [0.5, 0.6) is 0 Å². The van der Waals surface area contributed by atoms with Crippen LogP contribution in [0.2, 0.25) is 0 Å². The van der Waals surface area contributed by atoms with E-state index in [0.29, 0.717) is 6.54 Å². The highest BCUT2D eigenvalue weighted by molar-refractivity contribution is 5.94. The summed E-state index contributed by atoms with van der Waals surface area (Å²) < 4.78 is 26.2. The van der Waals surface area contributed by atoms with E-state index in [1.165, 1.54) is 12.5 Å². The van der Waals surface area contributed by atoms with Crippen LogP contribution in [-0.2, 0) is 0 Å². The number of carbonyl (C=O) groups is 1. The van der Waals surface area contributed by atoms with Gasteiger partial charge in [0.1, 0.15) is 0 Å². The van der Waals surface area contributed by atoms with Crippen molar-refractivity contribution in [3.63, 3.8) is 0 Å². The molecule has 1 saturated carbocycles. The molecule has 1 heterocycles. The Morgan fingerprint density at radius 2 is 2.22 bits per heavy atom. The predicted molar refractivity (Wildman–Crippen MR) is 63.1 cm³/mol. The van der Waals surface area contributed by atoms with Crippen LogP contribution in [0.4, 0.5) is 8.78 Å². The van der Waals surface area contributed by atoms with Crippen molar-refractivity contribution in [1.29, 1.82) is 0 Å². The molecule has 0 bridgehead atoms. The Balaban J connectivity index is 2.02. The summed E-state index contributed by atoms with van der Waals surface area (Å²) in [6.45, 7) is 2.60. The van der Waals surface area contributed by atoms with Crippen LogP contribution in [0.3, 0.4) is 0 Å². The first-order chi connectivity index (χ1) is 8.58. The quantitative estimate of drug-likeness (QED) is 0.839. The summed E-state index contributed by atoms with van der Waals surface area (Å²) in [4.78, 5) is 14.9. The Morgan fingerprint density at radius 3 is 2.78 bits per heavy atom. The molecule has 1 aromatic rings. The van der Waals surface area contributed by atoms with Gasteiger partial charge in [0.05, 0.1) is 5.56 Å². The number of pyridine rings is 1. The smallest absolute Gasteiger partial charge is 0.254 e. The Labute approximate surface area is 105 Å². The standard InChI is InChI=1S/C13H16F2N2O/c1-2-13(5-3-6-13)8-17-12(18)9-4-7-16-11(15)10(9)14/h4,7H,2-3,5-6,8H2,1H3,(H,17,18). The van der Waals surface area contributed by atoms with Gasteiger partial charge in [-0.15, -0.1) is 0 Å². The lowest BCUT2D eigenvalue weighted by atomic mass is 9.67. The van der Waals surface area contributed by atoms with E-state index in [1.807, 2.05) is 0 Å². The highest BCUT2D eigenvalue weighted by Gasteiger charge is 2.35. The number of rotatable bonds is 4. The molecule has 1 amide bonds. The molecule has 0 unspecified atom stereocenters. The van der Waals surface area contributed by atoms with E-state index in [0.717, 1.165) is 25.5 Å². The molecule has 1 aromatic heterocycles. The van der Waals surface area contributed by atoms with E-state index < -0.39 is 17.7 Å². The lowest BCUT2D eigenvalue weighted by Gasteiger charge is -2.41. The minimum atomic E-state index is -1.24. The van der Waals surface area contributed by atoms with Crippen molar-refractivity contribution in [2.45, 2.75) is 32.6 Å². The molecule has 0 saturated heterocycles. The van der Waals surface area contributed by atoms with Gasteiger partial charge in [-0.2, -0.15) is 4.39 Å². The molecule has 98 valence electrons. The second-order valence-corrected chi connectivity index (χ2v) is 4.85. The number of nitrogens with zero attached hydrogens (tertiary/aromatic N) is 1. The van der Waals surface area contributed by atoms with Crippen LogP contribution in [0.15, 0.2) is 12.3 Å². The van der Waals surface area contributed by atoms with E-state index in [9.17, 15) is 13.6 Å². The molecule has 1 aliphatic carbocycles. The van der Waals surface area contributed by atoms with E-state index >= 15 is 0 Å². The van der Waals surface area contributed by atoms with E-state index in [-0.39, 0.29) is 11.0 Å². The second kappa shape index (κ2) is 5.00. The van der Waals surface area contributed by atoms with Crippen LogP contribution >= 0.6 is 0 Å².